The van der Waals surface area contributed by atoms with Crippen LogP contribution in [0.5, 0.6) is 0 Å². The summed E-state index contributed by atoms with van der Waals surface area (Å²) in [6, 6.07) is 17.0. The number of halogens is 10. The Bertz CT molecular complexity index is 3050. The lowest BCUT2D eigenvalue weighted by atomic mass is 10.2. The van der Waals surface area contributed by atoms with Gasteiger partial charge in [-0.05, 0) is 86.6 Å². The fourth-order valence-electron chi connectivity index (χ4n) is 5.22. The van der Waals surface area contributed by atoms with E-state index in [0.29, 0.717) is 17.8 Å². The Labute approximate surface area is 405 Å². The standard InChI is InChI=1S/C20H15Cl2F3N4O3S.C13H7Cl2F3N2O4S.C7H10N2.CH4/c1-11-4-3-5-17(27-11)29(2)19(30)18-16(8-12(21)10-26-18)28-33(31,32)13-6-7-15(22)14(9-13)20(23,24)25;14-6-3-10(11(12(21)22)19-5-6)20-25(23,24)7-1-2-9(15)8(4-7)13(16,17)18;1-6-4-3-5-7(8-2)9-6;/h3-10,28H,1-2H3;1-5,20H,(H,21,22);3-5H,1-2H3,(H,8,9);1H4. The fraction of sp³-hybridized carbons (Fsp3) is 0.171. The number of carbonyl (C=O) groups excluding carboxylic acids is 1. The number of nitrogens with one attached hydrogen (secondary N) is 3. The van der Waals surface area contributed by atoms with E-state index in [4.69, 9.17) is 51.5 Å². The maximum Gasteiger partial charge on any atom is 0.417 e. The van der Waals surface area contributed by atoms with Gasteiger partial charge in [0, 0.05) is 37.9 Å². The average Bonchev–Trinajstić information content (AvgIpc) is 3.22. The molecular formula is C41H36Cl4F6N8O7S2. The topological polar surface area (TPSA) is 214 Å². The van der Waals surface area contributed by atoms with Gasteiger partial charge in [0.1, 0.15) is 11.6 Å². The van der Waals surface area contributed by atoms with Crippen molar-refractivity contribution in [1.82, 2.24) is 19.9 Å². The highest BCUT2D eigenvalue weighted by molar-refractivity contribution is 7.93. The average molecular weight is 1070 g/mol. The Balaban J connectivity index is 0.000000308. The molecule has 6 aromatic rings. The normalized spacial score (nSPS) is 11.4. The number of nitrogens with zero attached hydrogens (tertiary/aromatic N) is 5. The predicted molar refractivity (Wildman–Crippen MR) is 247 cm³/mol. The summed E-state index contributed by atoms with van der Waals surface area (Å²) < 4.78 is 132. The van der Waals surface area contributed by atoms with Crippen LogP contribution in [0.15, 0.2) is 107 Å². The molecule has 0 aliphatic carbocycles. The van der Waals surface area contributed by atoms with Crippen molar-refractivity contribution in [1.29, 1.82) is 0 Å². The minimum Gasteiger partial charge on any atom is -0.476 e. The van der Waals surface area contributed by atoms with Gasteiger partial charge < -0.3 is 10.4 Å². The number of alkyl halides is 6. The van der Waals surface area contributed by atoms with E-state index in [-0.39, 0.29) is 34.7 Å². The summed E-state index contributed by atoms with van der Waals surface area (Å²) in [4.78, 5) is 39.6. The SMILES string of the molecule is C.CNc1cccc(C)n1.Cc1cccc(N(C)C(=O)c2ncc(Cl)cc2NS(=O)(=O)c2ccc(Cl)c(C(F)(F)F)c2)n1.O=C(O)c1ncc(Cl)cc1NS(=O)(=O)c1ccc(Cl)c(C(F)(F)F)c1. The summed E-state index contributed by atoms with van der Waals surface area (Å²) in [6.45, 7) is 3.70. The smallest absolute Gasteiger partial charge is 0.417 e. The van der Waals surface area contributed by atoms with Crippen molar-refractivity contribution in [2.24, 2.45) is 0 Å². The van der Waals surface area contributed by atoms with E-state index in [9.17, 15) is 52.8 Å². The number of aryl methyl sites for hydroxylation is 2. The molecule has 0 aliphatic rings. The number of hydrogen-bond donors (Lipinski definition) is 4. The quantitative estimate of drug-likeness (QED) is 0.0944. The van der Waals surface area contributed by atoms with Crippen LogP contribution in [0.2, 0.25) is 20.1 Å². The van der Waals surface area contributed by atoms with Crippen molar-refractivity contribution < 1.29 is 57.9 Å². The number of aromatic nitrogens is 4. The predicted octanol–water partition coefficient (Wildman–Crippen LogP) is 11.2. The highest BCUT2D eigenvalue weighted by Gasteiger charge is 2.36. The zero-order valence-electron chi connectivity index (χ0n) is 34.5. The van der Waals surface area contributed by atoms with Gasteiger partial charge >= 0.3 is 18.3 Å². The second-order valence-corrected chi connectivity index (χ2v) is 18.4. The molecule has 0 spiro atoms. The number of carboxylic acids is 1. The van der Waals surface area contributed by atoms with Crippen LogP contribution in [-0.4, -0.2) is 67.8 Å². The van der Waals surface area contributed by atoms with Crippen molar-refractivity contribution in [3.63, 3.8) is 0 Å². The summed E-state index contributed by atoms with van der Waals surface area (Å²) in [6.07, 6.45) is -7.63. The number of hydrogen-bond acceptors (Lipinski definition) is 11. The van der Waals surface area contributed by atoms with E-state index in [1.165, 1.54) is 7.05 Å². The molecule has 0 saturated heterocycles. The second kappa shape index (κ2) is 22.9. The van der Waals surface area contributed by atoms with Crippen molar-refractivity contribution in [3.8, 4) is 0 Å². The Hall–Kier alpha value is -5.98. The molecule has 2 aromatic carbocycles. The largest absolute Gasteiger partial charge is 0.476 e. The lowest BCUT2D eigenvalue weighted by Gasteiger charge is -2.19. The molecule has 0 radical (unpaired) electrons. The number of carboxylic acid groups (broad SMARTS) is 1. The van der Waals surface area contributed by atoms with Crippen LogP contribution < -0.4 is 19.7 Å². The lowest BCUT2D eigenvalue weighted by Crippen LogP contribution is -2.29. The number of amides is 1. The van der Waals surface area contributed by atoms with Gasteiger partial charge in [-0.1, -0.05) is 66.0 Å². The first-order chi connectivity index (χ1) is 31.0. The highest BCUT2D eigenvalue weighted by Crippen LogP contribution is 2.38. The van der Waals surface area contributed by atoms with E-state index < -0.39 is 86.6 Å². The van der Waals surface area contributed by atoms with Crippen LogP contribution in [0.3, 0.4) is 0 Å². The Morgan fingerprint density at radius 2 is 1.07 bits per heavy atom. The van der Waals surface area contributed by atoms with Gasteiger partial charge in [-0.25, -0.2) is 41.6 Å². The molecule has 0 unspecified atom stereocenters. The van der Waals surface area contributed by atoms with Gasteiger partial charge in [0.15, 0.2) is 11.4 Å². The summed E-state index contributed by atoms with van der Waals surface area (Å²) in [7, 11) is -5.86. The monoisotopic (exact) mass is 1070 g/mol. The molecule has 4 heterocycles. The van der Waals surface area contributed by atoms with E-state index in [0.717, 1.165) is 65.2 Å². The summed E-state index contributed by atoms with van der Waals surface area (Å²) in [5.74, 6) is -1.08. The molecule has 15 nitrogen and oxygen atoms in total. The van der Waals surface area contributed by atoms with Crippen LogP contribution in [-0.2, 0) is 32.4 Å². The van der Waals surface area contributed by atoms with Gasteiger partial charge in [-0.2, -0.15) is 26.3 Å². The van der Waals surface area contributed by atoms with Crippen LogP contribution in [0.1, 0.15) is 50.9 Å². The molecule has 0 saturated carbocycles. The first kappa shape index (κ1) is 56.3. The third kappa shape index (κ3) is 15.0. The fourth-order valence-corrected chi connectivity index (χ4v) is 8.15. The van der Waals surface area contributed by atoms with Crippen LogP contribution in [0, 0.1) is 13.8 Å². The van der Waals surface area contributed by atoms with Crippen LogP contribution in [0.4, 0.5) is 49.4 Å². The lowest BCUT2D eigenvalue weighted by molar-refractivity contribution is -0.138. The molecule has 4 aromatic heterocycles. The minimum absolute atomic E-state index is 0. The first-order valence-electron chi connectivity index (χ1n) is 18.2. The Morgan fingerprint density at radius 1 is 0.647 bits per heavy atom. The Kier molecular flexibility index (Phi) is 19.0. The number of pyridine rings is 4. The van der Waals surface area contributed by atoms with Crippen molar-refractivity contribution in [2.45, 2.75) is 43.4 Å². The summed E-state index contributed by atoms with van der Waals surface area (Å²) in [5, 5.41) is 10.5. The summed E-state index contributed by atoms with van der Waals surface area (Å²) >= 11 is 22.6. The molecule has 68 heavy (non-hydrogen) atoms. The van der Waals surface area contributed by atoms with E-state index >= 15 is 0 Å². The van der Waals surface area contributed by atoms with Crippen molar-refractivity contribution >= 4 is 101 Å². The number of aromatic carboxylic acids is 1. The molecular weight excluding hydrogens is 1040 g/mol. The minimum atomic E-state index is -4.87. The number of sulfonamides is 2. The first-order valence-corrected chi connectivity index (χ1v) is 22.7. The zero-order chi connectivity index (χ0) is 50.2. The molecule has 0 fully saturated rings. The van der Waals surface area contributed by atoms with Crippen LogP contribution in [0.25, 0.3) is 0 Å². The van der Waals surface area contributed by atoms with Gasteiger partial charge in [0.25, 0.3) is 26.0 Å². The van der Waals surface area contributed by atoms with Gasteiger partial charge in [-0.15, -0.1) is 0 Å². The molecule has 0 aliphatic heterocycles. The molecule has 364 valence electrons. The molecule has 4 N–H and O–H groups in total. The molecule has 0 bridgehead atoms. The number of benzene rings is 2. The number of carbonyl (C=O) groups is 2. The van der Waals surface area contributed by atoms with E-state index in [2.05, 4.69) is 30.0 Å². The van der Waals surface area contributed by atoms with Crippen LogP contribution >= 0.6 is 46.4 Å². The van der Waals surface area contributed by atoms with Crippen molar-refractivity contribution in [3.05, 3.63) is 151 Å². The van der Waals surface area contributed by atoms with E-state index in [1.807, 2.05) is 36.9 Å². The Morgan fingerprint density at radius 3 is 1.47 bits per heavy atom. The molecule has 27 heteroatoms. The maximum absolute atomic E-state index is 13.2. The maximum atomic E-state index is 13.2. The second-order valence-electron chi connectivity index (χ2n) is 13.3. The number of rotatable bonds is 10. The highest BCUT2D eigenvalue weighted by atomic mass is 35.5. The zero-order valence-corrected chi connectivity index (χ0v) is 39.1. The van der Waals surface area contributed by atoms with Crippen molar-refractivity contribution in [2.75, 3.05) is 33.8 Å². The third-order valence-corrected chi connectivity index (χ3v) is 12.2. The molecule has 6 rings (SSSR count). The van der Waals surface area contributed by atoms with Gasteiger partial charge in [0.2, 0.25) is 0 Å². The van der Waals surface area contributed by atoms with E-state index in [1.54, 1.807) is 25.1 Å². The number of anilines is 4. The molecule has 0 atom stereocenters. The molecule has 1 amide bonds. The van der Waals surface area contributed by atoms with Gasteiger partial charge in [0.05, 0.1) is 52.4 Å². The third-order valence-electron chi connectivity index (χ3n) is 8.38. The summed E-state index contributed by atoms with van der Waals surface area (Å²) in [5.41, 5.74) is -2.81. The van der Waals surface area contributed by atoms with Gasteiger partial charge in [-0.3, -0.25) is 19.1 Å².